The van der Waals surface area contributed by atoms with Gasteiger partial charge in [-0.3, -0.25) is 0 Å². The SMILES string of the molecule is CCCc1c(C)[cH-]c2ccccc12.CCCc1c(C)[cH-]c2ccccc12.C[Si]C.[CH3-].[CH3-].[Zr+4]. The van der Waals surface area contributed by atoms with Crippen molar-refractivity contribution in [2.24, 2.45) is 0 Å². The number of rotatable bonds is 4. The zero-order valence-electron chi connectivity index (χ0n) is 21.6. The van der Waals surface area contributed by atoms with Crippen LogP contribution in [0.2, 0.25) is 13.1 Å². The molecule has 0 fully saturated rings. The van der Waals surface area contributed by atoms with E-state index >= 15 is 0 Å². The molecule has 4 rings (SSSR count). The fourth-order valence-corrected chi connectivity index (χ4v) is 4.02. The van der Waals surface area contributed by atoms with Gasteiger partial charge in [-0.1, -0.05) is 78.6 Å². The fourth-order valence-electron chi connectivity index (χ4n) is 4.02. The summed E-state index contributed by atoms with van der Waals surface area (Å²) in [5, 5.41) is 5.68. The van der Waals surface area contributed by atoms with E-state index < -0.39 is 0 Å². The summed E-state index contributed by atoms with van der Waals surface area (Å²) >= 11 is 0. The van der Waals surface area contributed by atoms with Crippen LogP contribution in [0.25, 0.3) is 21.5 Å². The Kier molecular flexibility index (Phi) is 17.8. The van der Waals surface area contributed by atoms with Crippen LogP contribution in [0.4, 0.5) is 0 Å². The maximum Gasteiger partial charge on any atom is 4.00 e. The maximum atomic E-state index is 2.29. The smallest absolute Gasteiger partial charge is 0.358 e. The molecule has 32 heavy (non-hydrogen) atoms. The molecule has 0 atom stereocenters. The molecule has 2 radical (unpaired) electrons. The van der Waals surface area contributed by atoms with Crippen molar-refractivity contribution >= 4 is 31.1 Å². The quantitative estimate of drug-likeness (QED) is 0.185. The van der Waals surface area contributed by atoms with Crippen LogP contribution in [0.5, 0.6) is 0 Å². The normalized spacial score (nSPS) is 9.44. The summed E-state index contributed by atoms with van der Waals surface area (Å²) in [6.07, 6.45) is 4.88. The summed E-state index contributed by atoms with van der Waals surface area (Å²) in [6, 6.07) is 21.9. The number of benzene rings is 2. The average Bonchev–Trinajstić information content (AvgIpc) is 3.20. The van der Waals surface area contributed by atoms with Gasteiger partial charge in [-0.25, -0.2) is 0 Å². The topological polar surface area (TPSA) is 0 Å². The Balaban J connectivity index is 0. The van der Waals surface area contributed by atoms with Gasteiger partial charge in [0.1, 0.15) is 0 Å². The molecule has 0 N–H and O–H groups in total. The van der Waals surface area contributed by atoms with Gasteiger partial charge in [-0.2, -0.15) is 11.1 Å². The number of hydrogen-bond donors (Lipinski definition) is 0. The molecule has 0 heterocycles. The largest absolute Gasteiger partial charge is 4.00 e. The molecule has 0 aliphatic rings. The van der Waals surface area contributed by atoms with Gasteiger partial charge >= 0.3 is 26.2 Å². The molecule has 0 aromatic heterocycles. The summed E-state index contributed by atoms with van der Waals surface area (Å²) in [4.78, 5) is 0. The molecular formula is C30H42SiZr. The van der Waals surface area contributed by atoms with Crippen LogP contribution >= 0.6 is 0 Å². The van der Waals surface area contributed by atoms with Gasteiger partial charge < -0.3 is 14.9 Å². The van der Waals surface area contributed by atoms with Crippen LogP contribution in [-0.2, 0) is 39.0 Å². The molecule has 0 aliphatic heterocycles. The molecule has 170 valence electrons. The predicted molar refractivity (Wildman–Crippen MR) is 147 cm³/mol. The Morgan fingerprint density at radius 1 is 0.656 bits per heavy atom. The fraction of sp³-hybridized carbons (Fsp3) is 0.333. The third kappa shape index (κ3) is 8.60. The summed E-state index contributed by atoms with van der Waals surface area (Å²) in [5.41, 5.74) is 5.97. The van der Waals surface area contributed by atoms with Crippen LogP contribution in [0.15, 0.2) is 60.7 Å². The van der Waals surface area contributed by atoms with E-state index in [0.717, 1.165) is 9.52 Å². The molecule has 0 aliphatic carbocycles. The van der Waals surface area contributed by atoms with Gasteiger partial charge in [-0.05, 0) is 0 Å². The minimum absolute atomic E-state index is 0. The Bertz CT molecular complexity index is 924. The molecule has 2 heteroatoms. The van der Waals surface area contributed by atoms with Crippen molar-refractivity contribution in [3.8, 4) is 0 Å². The zero-order valence-corrected chi connectivity index (χ0v) is 25.1. The summed E-state index contributed by atoms with van der Waals surface area (Å²) < 4.78 is 0. The van der Waals surface area contributed by atoms with Gasteiger partial charge in [0.15, 0.2) is 0 Å². The van der Waals surface area contributed by atoms with Crippen molar-refractivity contribution < 1.29 is 26.2 Å². The minimum atomic E-state index is 0. The van der Waals surface area contributed by atoms with E-state index in [2.05, 4.69) is 101 Å². The molecule has 0 amide bonds. The van der Waals surface area contributed by atoms with Crippen molar-refractivity contribution in [3.05, 3.63) is 97.8 Å². The monoisotopic (exact) mass is 520 g/mol. The van der Waals surface area contributed by atoms with Gasteiger partial charge in [0, 0.05) is 9.52 Å². The molecule has 0 unspecified atom stereocenters. The predicted octanol–water partition coefficient (Wildman–Crippen LogP) is 9.32. The third-order valence-electron chi connectivity index (χ3n) is 5.27. The Morgan fingerprint density at radius 3 is 1.28 bits per heavy atom. The van der Waals surface area contributed by atoms with Crippen LogP contribution in [0, 0.1) is 28.7 Å². The van der Waals surface area contributed by atoms with Gasteiger partial charge in [0.05, 0.1) is 0 Å². The molecule has 0 saturated carbocycles. The van der Waals surface area contributed by atoms with Crippen LogP contribution < -0.4 is 0 Å². The summed E-state index contributed by atoms with van der Waals surface area (Å²) in [6.45, 7) is 13.2. The Morgan fingerprint density at radius 2 is 0.969 bits per heavy atom. The molecule has 0 saturated heterocycles. The molecule has 0 nitrogen and oxygen atoms in total. The van der Waals surface area contributed by atoms with Crippen LogP contribution in [-0.4, -0.2) is 9.52 Å². The van der Waals surface area contributed by atoms with Crippen molar-refractivity contribution in [3.63, 3.8) is 0 Å². The molecule has 0 bridgehead atoms. The van der Waals surface area contributed by atoms with Crippen molar-refractivity contribution in [2.75, 3.05) is 0 Å². The second-order valence-electron chi connectivity index (χ2n) is 7.79. The Hall–Kier alpha value is -1.24. The van der Waals surface area contributed by atoms with Crippen LogP contribution in [0.1, 0.15) is 48.9 Å². The maximum absolute atomic E-state index is 2.29. The van der Waals surface area contributed by atoms with E-state index in [1.165, 1.54) is 69.5 Å². The molecule has 4 aromatic rings. The number of aryl methyl sites for hydroxylation is 4. The first-order chi connectivity index (χ1) is 14.1. The van der Waals surface area contributed by atoms with Crippen molar-refractivity contribution in [1.82, 2.24) is 0 Å². The summed E-state index contributed by atoms with van der Waals surface area (Å²) in [5.74, 6) is 0. The zero-order chi connectivity index (χ0) is 21.2. The van der Waals surface area contributed by atoms with Crippen molar-refractivity contribution in [1.29, 1.82) is 0 Å². The molecular weight excluding hydrogens is 480 g/mol. The summed E-state index contributed by atoms with van der Waals surface area (Å²) in [7, 11) is 1.08. The molecule has 4 aromatic carbocycles. The Labute approximate surface area is 220 Å². The van der Waals surface area contributed by atoms with E-state index in [-0.39, 0.29) is 41.1 Å². The third-order valence-corrected chi connectivity index (χ3v) is 5.27. The van der Waals surface area contributed by atoms with E-state index in [1.54, 1.807) is 0 Å². The van der Waals surface area contributed by atoms with Gasteiger partial charge in [0.2, 0.25) is 0 Å². The van der Waals surface area contributed by atoms with Crippen LogP contribution in [0.3, 0.4) is 0 Å². The first-order valence-corrected chi connectivity index (χ1v) is 12.9. The minimum Gasteiger partial charge on any atom is -0.358 e. The average molecular weight is 522 g/mol. The second-order valence-corrected chi connectivity index (χ2v) is 8.79. The van der Waals surface area contributed by atoms with Crippen molar-refractivity contribution in [2.45, 2.75) is 66.5 Å². The van der Waals surface area contributed by atoms with Gasteiger partial charge in [0.25, 0.3) is 0 Å². The first-order valence-electron chi connectivity index (χ1n) is 10.9. The van der Waals surface area contributed by atoms with Gasteiger partial charge in [-0.15, -0.1) is 81.2 Å². The number of hydrogen-bond acceptors (Lipinski definition) is 0. The van der Waals surface area contributed by atoms with E-state index in [1.807, 2.05) is 0 Å². The molecule has 0 spiro atoms. The van der Waals surface area contributed by atoms with E-state index in [9.17, 15) is 0 Å². The van der Waals surface area contributed by atoms with E-state index in [4.69, 9.17) is 0 Å². The number of fused-ring (bicyclic) bond motifs is 2. The second kappa shape index (κ2) is 17.3. The standard InChI is InChI=1S/2C13H15.C2H6Si.2CH3.Zr/c2*1-3-6-12-10(2)9-11-7-4-5-8-13(11)12;1-3-2;;;/h2*4-5,7-9H,3,6H2,1-2H3;1-2H3;2*1H3;/q2*-1;;2*-1;+4. The first kappa shape index (κ1) is 32.9. The van der Waals surface area contributed by atoms with E-state index in [0.29, 0.717) is 0 Å².